The number of hydrogen-bond donors (Lipinski definition) is 0. The fourth-order valence-electron chi connectivity index (χ4n) is 3.75. The second kappa shape index (κ2) is 8.18. The summed E-state index contributed by atoms with van der Waals surface area (Å²) < 4.78 is 9.26. The summed E-state index contributed by atoms with van der Waals surface area (Å²) in [6.45, 7) is 3.10. The van der Waals surface area contributed by atoms with Crippen molar-refractivity contribution in [2.75, 3.05) is 13.1 Å². The molecule has 0 aliphatic carbocycles. The number of amides is 1. The molecular formula is C23H26N4O3. The third-order valence-corrected chi connectivity index (χ3v) is 5.68. The molecule has 0 unspecified atom stereocenters. The lowest BCUT2D eigenvalue weighted by Gasteiger charge is -2.32. The molecule has 0 saturated carbocycles. The summed E-state index contributed by atoms with van der Waals surface area (Å²) in [5.41, 5.74) is 3.14. The van der Waals surface area contributed by atoms with E-state index in [1.165, 1.54) is 6.07 Å². The van der Waals surface area contributed by atoms with Crippen molar-refractivity contribution in [3.05, 3.63) is 70.3 Å². The third kappa shape index (κ3) is 4.01. The fourth-order valence-corrected chi connectivity index (χ4v) is 3.75. The van der Waals surface area contributed by atoms with Crippen LogP contribution in [0.3, 0.4) is 0 Å². The molecule has 3 aromatic rings. The van der Waals surface area contributed by atoms with Crippen LogP contribution in [0, 0.1) is 6.92 Å². The van der Waals surface area contributed by atoms with Crippen LogP contribution in [-0.4, -0.2) is 44.3 Å². The lowest BCUT2D eigenvalue weighted by Crippen LogP contribution is -2.42. The van der Waals surface area contributed by atoms with Crippen molar-refractivity contribution < 1.29 is 9.53 Å². The van der Waals surface area contributed by atoms with Crippen molar-refractivity contribution in [2.45, 2.75) is 25.9 Å². The van der Waals surface area contributed by atoms with E-state index in [0.717, 1.165) is 29.8 Å². The van der Waals surface area contributed by atoms with Gasteiger partial charge in [-0.05, 0) is 19.1 Å². The number of carbonyl (C=O) groups is 1. The van der Waals surface area contributed by atoms with Gasteiger partial charge in [0.1, 0.15) is 17.5 Å². The molecule has 2 aromatic heterocycles. The Hall–Kier alpha value is -3.35. The normalized spacial score (nSPS) is 14.7. The molecule has 7 nitrogen and oxygen atoms in total. The number of piperidine rings is 1. The monoisotopic (exact) mass is 406 g/mol. The van der Waals surface area contributed by atoms with Gasteiger partial charge in [0, 0.05) is 57.4 Å². The lowest BCUT2D eigenvalue weighted by molar-refractivity contribution is 0.0585. The van der Waals surface area contributed by atoms with E-state index in [1.54, 1.807) is 23.3 Å². The number of nitrogens with zero attached hydrogens (tertiary/aromatic N) is 4. The van der Waals surface area contributed by atoms with Gasteiger partial charge in [-0.2, -0.15) is 5.10 Å². The lowest BCUT2D eigenvalue weighted by atomic mass is 10.1. The quantitative estimate of drug-likeness (QED) is 0.668. The van der Waals surface area contributed by atoms with Gasteiger partial charge < -0.3 is 14.2 Å². The van der Waals surface area contributed by atoms with Crippen molar-refractivity contribution >= 4 is 5.91 Å². The molecule has 0 spiro atoms. The highest BCUT2D eigenvalue weighted by molar-refractivity contribution is 5.93. The first kappa shape index (κ1) is 19.9. The third-order valence-electron chi connectivity index (χ3n) is 5.68. The van der Waals surface area contributed by atoms with Crippen LogP contribution in [-0.2, 0) is 14.1 Å². The largest absolute Gasteiger partial charge is 0.490 e. The van der Waals surface area contributed by atoms with E-state index in [-0.39, 0.29) is 17.6 Å². The Morgan fingerprint density at radius 3 is 2.43 bits per heavy atom. The minimum absolute atomic E-state index is 0.00743. The molecule has 1 aliphatic rings. The standard InChI is InChI=1S/C23H26N4O3/c1-16-13-19(14-22(28)25(16)2)30-18-9-11-27(12-10-18)23(29)21-15-20(24-26(21)3)17-7-5-4-6-8-17/h4-8,13-15,18H,9-12H2,1-3H3. The van der Waals surface area contributed by atoms with Crippen LogP contribution in [0.4, 0.5) is 0 Å². The number of likely N-dealkylation sites (tertiary alicyclic amines) is 1. The molecule has 3 heterocycles. The molecule has 0 atom stereocenters. The second-order valence-corrected chi connectivity index (χ2v) is 7.74. The number of benzene rings is 1. The Balaban J connectivity index is 1.40. The minimum atomic E-state index is -0.0805. The van der Waals surface area contributed by atoms with Gasteiger partial charge in [-0.3, -0.25) is 14.3 Å². The van der Waals surface area contributed by atoms with Crippen molar-refractivity contribution in [1.29, 1.82) is 0 Å². The summed E-state index contributed by atoms with van der Waals surface area (Å²) in [7, 11) is 3.54. The van der Waals surface area contributed by atoms with Crippen molar-refractivity contribution in [3.8, 4) is 17.0 Å². The van der Waals surface area contributed by atoms with Gasteiger partial charge in [-0.25, -0.2) is 0 Å². The molecule has 156 valence electrons. The highest BCUT2D eigenvalue weighted by Crippen LogP contribution is 2.22. The summed E-state index contributed by atoms with van der Waals surface area (Å²) in [4.78, 5) is 26.8. The first-order valence-electron chi connectivity index (χ1n) is 10.2. The topological polar surface area (TPSA) is 69.4 Å². The Morgan fingerprint density at radius 2 is 1.77 bits per heavy atom. The van der Waals surface area contributed by atoms with Crippen LogP contribution >= 0.6 is 0 Å². The van der Waals surface area contributed by atoms with E-state index in [4.69, 9.17) is 4.74 Å². The highest BCUT2D eigenvalue weighted by atomic mass is 16.5. The SMILES string of the molecule is Cc1cc(OC2CCN(C(=O)c3cc(-c4ccccc4)nn3C)CC2)cc(=O)n1C. The van der Waals surface area contributed by atoms with Crippen LogP contribution in [0.25, 0.3) is 11.3 Å². The minimum Gasteiger partial charge on any atom is -0.490 e. The van der Waals surface area contributed by atoms with Crippen LogP contribution < -0.4 is 10.3 Å². The average Bonchev–Trinajstić information content (AvgIpc) is 3.14. The van der Waals surface area contributed by atoms with E-state index in [1.807, 2.05) is 54.3 Å². The highest BCUT2D eigenvalue weighted by Gasteiger charge is 2.27. The first-order valence-corrected chi connectivity index (χ1v) is 10.2. The Kier molecular flexibility index (Phi) is 5.44. The molecule has 0 bridgehead atoms. The van der Waals surface area contributed by atoms with E-state index in [2.05, 4.69) is 5.10 Å². The maximum atomic E-state index is 13.0. The number of carbonyl (C=O) groups excluding carboxylic acids is 1. The number of aromatic nitrogens is 3. The van der Waals surface area contributed by atoms with E-state index in [9.17, 15) is 9.59 Å². The van der Waals surface area contributed by atoms with Gasteiger partial charge in [-0.1, -0.05) is 30.3 Å². The van der Waals surface area contributed by atoms with Gasteiger partial charge in [-0.15, -0.1) is 0 Å². The number of pyridine rings is 1. The van der Waals surface area contributed by atoms with Crippen molar-refractivity contribution in [2.24, 2.45) is 14.1 Å². The molecule has 4 rings (SSSR count). The maximum Gasteiger partial charge on any atom is 0.272 e. The zero-order valence-corrected chi connectivity index (χ0v) is 17.5. The molecule has 7 heteroatoms. The Morgan fingerprint density at radius 1 is 1.07 bits per heavy atom. The smallest absolute Gasteiger partial charge is 0.272 e. The van der Waals surface area contributed by atoms with Gasteiger partial charge in [0.2, 0.25) is 0 Å². The summed E-state index contributed by atoms with van der Waals surface area (Å²) in [5.74, 6) is 0.578. The summed E-state index contributed by atoms with van der Waals surface area (Å²) in [6.07, 6.45) is 1.44. The molecular weight excluding hydrogens is 380 g/mol. The first-order chi connectivity index (χ1) is 14.4. The van der Waals surface area contributed by atoms with E-state index >= 15 is 0 Å². The van der Waals surface area contributed by atoms with E-state index in [0.29, 0.717) is 24.5 Å². The fraction of sp³-hybridized carbons (Fsp3) is 0.348. The molecule has 0 radical (unpaired) electrons. The van der Waals surface area contributed by atoms with Crippen LogP contribution in [0.2, 0.25) is 0 Å². The van der Waals surface area contributed by atoms with Gasteiger partial charge in [0.05, 0.1) is 5.69 Å². The van der Waals surface area contributed by atoms with Crippen molar-refractivity contribution in [1.82, 2.24) is 19.2 Å². The molecule has 1 amide bonds. The number of ether oxygens (including phenoxy) is 1. The summed E-state index contributed by atoms with van der Waals surface area (Å²) >= 11 is 0. The molecule has 1 aromatic carbocycles. The molecule has 1 saturated heterocycles. The van der Waals surface area contributed by atoms with Crippen molar-refractivity contribution in [3.63, 3.8) is 0 Å². The van der Waals surface area contributed by atoms with Gasteiger partial charge >= 0.3 is 0 Å². The maximum absolute atomic E-state index is 13.0. The Bertz CT molecular complexity index is 1110. The summed E-state index contributed by atoms with van der Waals surface area (Å²) in [6, 6.07) is 15.1. The summed E-state index contributed by atoms with van der Waals surface area (Å²) in [5, 5.41) is 4.50. The van der Waals surface area contributed by atoms with Gasteiger partial charge in [0.15, 0.2) is 0 Å². The molecule has 30 heavy (non-hydrogen) atoms. The molecule has 1 aliphatic heterocycles. The molecule has 1 fully saturated rings. The zero-order chi connectivity index (χ0) is 21.3. The second-order valence-electron chi connectivity index (χ2n) is 7.74. The molecule has 0 N–H and O–H groups in total. The van der Waals surface area contributed by atoms with Crippen LogP contribution in [0.1, 0.15) is 29.0 Å². The Labute approximate surface area is 175 Å². The number of rotatable bonds is 4. The predicted octanol–water partition coefficient (Wildman–Crippen LogP) is 2.78. The van der Waals surface area contributed by atoms with E-state index < -0.39 is 0 Å². The average molecular weight is 406 g/mol. The van der Waals surface area contributed by atoms with Crippen LogP contribution in [0.5, 0.6) is 5.75 Å². The zero-order valence-electron chi connectivity index (χ0n) is 17.5. The van der Waals surface area contributed by atoms with Gasteiger partial charge in [0.25, 0.3) is 11.5 Å². The number of aryl methyl sites for hydroxylation is 2. The number of hydrogen-bond acceptors (Lipinski definition) is 4. The predicted molar refractivity (Wildman–Crippen MR) is 115 cm³/mol. The van der Waals surface area contributed by atoms with Crippen LogP contribution in [0.15, 0.2) is 53.3 Å².